The molecule has 0 spiro atoms. The third kappa shape index (κ3) is 9.44. The molecule has 7 rings (SSSR count). The van der Waals surface area contributed by atoms with Crippen LogP contribution in [0, 0.1) is 18.6 Å². The van der Waals surface area contributed by atoms with Gasteiger partial charge in [0.05, 0.1) is 34.0 Å². The summed E-state index contributed by atoms with van der Waals surface area (Å²) in [5.74, 6) is 6.21. The van der Waals surface area contributed by atoms with Gasteiger partial charge in [-0.05, 0) is 88.5 Å². The predicted molar refractivity (Wildman–Crippen MR) is 197 cm³/mol. The number of halogens is 4. The third-order valence-corrected chi connectivity index (χ3v) is 8.22. The molecule has 48 heavy (non-hydrogen) atoms. The van der Waals surface area contributed by atoms with Gasteiger partial charge in [0.1, 0.15) is 23.3 Å². The van der Waals surface area contributed by atoms with Crippen LogP contribution in [-0.4, -0.2) is 36.3 Å². The summed E-state index contributed by atoms with van der Waals surface area (Å²) >= 11 is 6.94. The van der Waals surface area contributed by atoms with Crippen molar-refractivity contribution in [3.63, 3.8) is 0 Å². The number of nitrogens with two attached hydrogens (primary N) is 1. The zero-order valence-corrected chi connectivity index (χ0v) is 30.4. The lowest BCUT2D eigenvalue weighted by Crippen LogP contribution is -2.13. The molecule has 0 aliphatic carbocycles. The molecule has 8 nitrogen and oxygen atoms in total. The average molecular weight is 781 g/mol. The Morgan fingerprint density at radius 1 is 0.771 bits per heavy atom. The second-order valence-electron chi connectivity index (χ2n) is 10.5. The Balaban J connectivity index is 0.000000187. The van der Waals surface area contributed by atoms with E-state index >= 15 is 0 Å². The molecule has 0 saturated carbocycles. The number of aromatic nitrogens is 6. The Kier molecular flexibility index (Phi) is 13.6. The standard InChI is InChI=1S/C19H16BrFN4.C10H11BrN2.C6H5F.CH6N2/c1-2-25-17-7-6-14(20)10-16(17)23-18(25)9-13-11-22-24-19(13)12-4-3-5-15(21)8-12;1-3-13-7(2)12-9-6-8(11)4-5-10(9)13;7-6-4-2-1-3-5-6;1-3-2/h3-8,10-11H,2,9H2,1H3,(H,22,24);4-6H,3H2,1-2H3;1-5H;3H,2H2,1H3. The van der Waals surface area contributed by atoms with Gasteiger partial charge in [-0.2, -0.15) is 5.10 Å². The molecule has 0 fully saturated rings. The first-order valence-electron chi connectivity index (χ1n) is 15.3. The fourth-order valence-corrected chi connectivity index (χ4v) is 5.89. The minimum atomic E-state index is -0.260. The molecule has 4 aromatic carbocycles. The summed E-state index contributed by atoms with van der Waals surface area (Å²) in [6.07, 6.45) is 2.41. The Labute approximate surface area is 295 Å². The van der Waals surface area contributed by atoms with Crippen LogP contribution < -0.4 is 11.3 Å². The van der Waals surface area contributed by atoms with Gasteiger partial charge in [-0.15, -0.1) is 0 Å². The highest BCUT2D eigenvalue weighted by Gasteiger charge is 2.15. The highest BCUT2D eigenvalue weighted by atomic mass is 79.9. The number of nitrogens with one attached hydrogen (secondary N) is 2. The fraction of sp³-hybridized carbons (Fsp3) is 0.194. The first-order valence-corrected chi connectivity index (χ1v) is 16.9. The van der Waals surface area contributed by atoms with E-state index in [9.17, 15) is 8.78 Å². The monoisotopic (exact) mass is 778 g/mol. The molecule has 0 aliphatic rings. The van der Waals surface area contributed by atoms with Gasteiger partial charge in [0, 0.05) is 39.6 Å². The number of hydrazine groups is 1. The van der Waals surface area contributed by atoms with Gasteiger partial charge in [-0.1, -0.05) is 62.2 Å². The number of hydrogen-bond acceptors (Lipinski definition) is 5. The number of aromatic amines is 1. The van der Waals surface area contributed by atoms with Gasteiger partial charge in [0.2, 0.25) is 0 Å². The van der Waals surface area contributed by atoms with Crippen LogP contribution in [0.15, 0.2) is 106 Å². The van der Waals surface area contributed by atoms with Crippen molar-refractivity contribution in [1.82, 2.24) is 34.7 Å². The third-order valence-electron chi connectivity index (χ3n) is 7.24. The minimum Gasteiger partial charge on any atom is -0.329 e. The molecule has 3 heterocycles. The molecule has 0 amide bonds. The van der Waals surface area contributed by atoms with Crippen molar-refractivity contribution in [1.29, 1.82) is 0 Å². The van der Waals surface area contributed by atoms with Crippen LogP contribution in [0.1, 0.15) is 31.1 Å². The summed E-state index contributed by atoms with van der Waals surface area (Å²) in [5.41, 5.74) is 9.20. The SMILES string of the molecule is CCn1c(C)nc2cc(Br)ccc21.CCn1c(Cc2cn[nH]c2-c2cccc(F)c2)nc2cc(Br)ccc21.CNN.Fc1ccccc1. The normalized spacial score (nSPS) is 10.5. The van der Waals surface area contributed by atoms with Gasteiger partial charge in [0.25, 0.3) is 0 Å². The number of imidazole rings is 2. The van der Waals surface area contributed by atoms with Crippen LogP contribution in [0.4, 0.5) is 8.78 Å². The van der Waals surface area contributed by atoms with Crippen molar-refractivity contribution in [2.75, 3.05) is 7.05 Å². The number of benzene rings is 4. The highest BCUT2D eigenvalue weighted by Crippen LogP contribution is 2.27. The largest absolute Gasteiger partial charge is 0.329 e. The maximum absolute atomic E-state index is 13.6. The number of aryl methyl sites for hydroxylation is 3. The molecule has 250 valence electrons. The van der Waals surface area contributed by atoms with E-state index in [-0.39, 0.29) is 11.6 Å². The van der Waals surface area contributed by atoms with Crippen molar-refractivity contribution in [2.24, 2.45) is 5.84 Å². The summed E-state index contributed by atoms with van der Waals surface area (Å²) in [6, 6.07) is 26.8. The number of hydrogen-bond donors (Lipinski definition) is 3. The van der Waals surface area contributed by atoms with Gasteiger partial charge in [-0.3, -0.25) is 16.4 Å². The Hall–Kier alpha value is -4.23. The van der Waals surface area contributed by atoms with E-state index in [1.807, 2.05) is 25.1 Å². The number of rotatable bonds is 5. The summed E-state index contributed by atoms with van der Waals surface area (Å²) in [6.45, 7) is 8.09. The lowest BCUT2D eigenvalue weighted by molar-refractivity contribution is 0.627. The fourth-order valence-electron chi connectivity index (χ4n) is 5.19. The first kappa shape index (κ1) is 36.6. The highest BCUT2D eigenvalue weighted by molar-refractivity contribution is 9.10. The van der Waals surface area contributed by atoms with Crippen molar-refractivity contribution in [3.05, 3.63) is 135 Å². The van der Waals surface area contributed by atoms with Gasteiger partial charge >= 0.3 is 0 Å². The molecule has 0 aliphatic heterocycles. The summed E-state index contributed by atoms with van der Waals surface area (Å²) < 4.78 is 32.0. The van der Waals surface area contributed by atoms with Crippen LogP contribution in [0.25, 0.3) is 33.3 Å². The number of H-pyrrole nitrogens is 1. The van der Waals surface area contributed by atoms with Crippen LogP contribution in [-0.2, 0) is 19.5 Å². The molecule has 3 aromatic heterocycles. The van der Waals surface area contributed by atoms with Gasteiger partial charge < -0.3 is 9.13 Å². The van der Waals surface area contributed by atoms with Crippen molar-refractivity contribution >= 4 is 53.9 Å². The Bertz CT molecular complexity index is 2050. The molecule has 0 radical (unpaired) electrons. The molecule has 0 unspecified atom stereocenters. The Morgan fingerprint density at radius 3 is 1.92 bits per heavy atom. The average Bonchev–Trinajstić information content (AvgIpc) is 3.76. The molecular weight excluding hydrogens is 742 g/mol. The molecule has 4 N–H and O–H groups in total. The van der Waals surface area contributed by atoms with E-state index in [2.05, 4.69) is 106 Å². The summed E-state index contributed by atoms with van der Waals surface area (Å²) in [5, 5.41) is 7.14. The lowest BCUT2D eigenvalue weighted by atomic mass is 10.1. The van der Waals surface area contributed by atoms with Gasteiger partial charge in [0.15, 0.2) is 0 Å². The molecule has 7 aromatic rings. The molecule has 12 heteroatoms. The van der Waals surface area contributed by atoms with Crippen molar-refractivity contribution in [3.8, 4) is 11.3 Å². The predicted octanol–water partition coefficient (Wildman–Crippen LogP) is 8.97. The molecule has 0 saturated heterocycles. The zero-order chi connectivity index (χ0) is 34.6. The van der Waals surface area contributed by atoms with E-state index in [4.69, 9.17) is 4.98 Å². The number of fused-ring (bicyclic) bond motifs is 2. The second kappa shape index (κ2) is 17.8. The van der Waals surface area contributed by atoms with E-state index < -0.39 is 0 Å². The van der Waals surface area contributed by atoms with Crippen molar-refractivity contribution in [2.45, 2.75) is 40.3 Å². The topological polar surface area (TPSA) is 102 Å². The van der Waals surface area contributed by atoms with E-state index in [0.29, 0.717) is 6.42 Å². The lowest BCUT2D eigenvalue weighted by Gasteiger charge is -2.07. The van der Waals surface area contributed by atoms with Crippen molar-refractivity contribution < 1.29 is 8.78 Å². The maximum Gasteiger partial charge on any atom is 0.123 e. The van der Waals surface area contributed by atoms with Crippen LogP contribution in [0.5, 0.6) is 0 Å². The summed E-state index contributed by atoms with van der Waals surface area (Å²) in [7, 11) is 1.65. The molecule has 0 bridgehead atoms. The van der Waals surface area contributed by atoms with E-state index in [1.54, 1.807) is 37.5 Å². The van der Waals surface area contributed by atoms with Crippen LogP contribution in [0.2, 0.25) is 0 Å². The molecule has 0 atom stereocenters. The zero-order valence-electron chi connectivity index (χ0n) is 27.2. The number of nitrogens with zero attached hydrogens (tertiary/aromatic N) is 5. The first-order chi connectivity index (χ1) is 23.2. The Morgan fingerprint density at radius 2 is 1.35 bits per heavy atom. The minimum absolute atomic E-state index is 0.178. The van der Waals surface area contributed by atoms with Gasteiger partial charge in [-0.25, -0.2) is 18.7 Å². The quantitative estimate of drug-likeness (QED) is 0.120. The smallest absolute Gasteiger partial charge is 0.123 e. The van der Waals surface area contributed by atoms with Crippen LogP contribution >= 0.6 is 31.9 Å². The van der Waals surface area contributed by atoms with E-state index in [1.165, 1.54) is 29.8 Å². The van der Waals surface area contributed by atoms with Crippen LogP contribution in [0.3, 0.4) is 0 Å². The second-order valence-corrected chi connectivity index (χ2v) is 12.3. The van der Waals surface area contributed by atoms with E-state index in [0.717, 1.165) is 67.1 Å². The maximum atomic E-state index is 13.6. The summed E-state index contributed by atoms with van der Waals surface area (Å²) in [4.78, 5) is 9.27. The molecular formula is C36H38Br2F2N8.